The Bertz CT molecular complexity index is 232. The van der Waals surface area contributed by atoms with E-state index in [9.17, 15) is 4.79 Å². The zero-order chi connectivity index (χ0) is 10.8. The monoisotopic (exact) mass is 210 g/mol. The van der Waals surface area contributed by atoms with Crippen LogP contribution in [0.1, 0.15) is 32.6 Å². The van der Waals surface area contributed by atoms with Crippen molar-refractivity contribution in [3.63, 3.8) is 0 Å². The molecule has 0 saturated heterocycles. The highest BCUT2D eigenvalue weighted by molar-refractivity contribution is 5.82. The zero-order valence-corrected chi connectivity index (χ0v) is 9.61. The van der Waals surface area contributed by atoms with Crippen LogP contribution < -0.4 is 5.73 Å². The Kier molecular flexibility index (Phi) is 3.29. The topological polar surface area (TPSA) is 46.3 Å². The first kappa shape index (κ1) is 10.9. The van der Waals surface area contributed by atoms with Gasteiger partial charge in [-0.15, -0.1) is 0 Å². The van der Waals surface area contributed by atoms with E-state index >= 15 is 0 Å². The zero-order valence-electron chi connectivity index (χ0n) is 9.61. The highest BCUT2D eigenvalue weighted by atomic mass is 16.2. The molecule has 2 N–H and O–H groups in total. The minimum atomic E-state index is 0.386. The van der Waals surface area contributed by atoms with E-state index in [0.29, 0.717) is 18.4 Å². The van der Waals surface area contributed by atoms with Crippen molar-refractivity contribution >= 4 is 5.91 Å². The highest BCUT2D eigenvalue weighted by Gasteiger charge is 2.57. The van der Waals surface area contributed by atoms with Crippen molar-refractivity contribution in [3.8, 4) is 0 Å². The first-order valence-electron chi connectivity index (χ1n) is 6.28. The van der Waals surface area contributed by atoms with Crippen molar-refractivity contribution in [2.24, 2.45) is 23.5 Å². The lowest BCUT2D eigenvalue weighted by molar-refractivity contribution is -0.133. The third-order valence-corrected chi connectivity index (χ3v) is 4.02. The summed E-state index contributed by atoms with van der Waals surface area (Å²) in [5.41, 5.74) is 5.48. The number of carbonyl (C=O) groups excluding carboxylic acids is 1. The van der Waals surface area contributed by atoms with E-state index in [0.717, 1.165) is 31.3 Å². The van der Waals surface area contributed by atoms with E-state index in [1.165, 1.54) is 19.3 Å². The van der Waals surface area contributed by atoms with Gasteiger partial charge in [0.05, 0.1) is 0 Å². The number of carbonyl (C=O) groups is 1. The predicted molar refractivity (Wildman–Crippen MR) is 60.2 cm³/mol. The molecule has 1 amide bonds. The lowest BCUT2D eigenvalue weighted by Gasteiger charge is -2.21. The molecular weight excluding hydrogens is 188 g/mol. The number of rotatable bonds is 5. The number of hydrogen-bond donors (Lipinski definition) is 1. The van der Waals surface area contributed by atoms with Gasteiger partial charge in [-0.25, -0.2) is 0 Å². The molecule has 3 heteroatoms. The summed E-state index contributed by atoms with van der Waals surface area (Å²) < 4.78 is 0. The summed E-state index contributed by atoms with van der Waals surface area (Å²) in [6.07, 6.45) is 4.85. The van der Waals surface area contributed by atoms with Crippen molar-refractivity contribution in [1.29, 1.82) is 0 Å². The van der Waals surface area contributed by atoms with Crippen LogP contribution in [0.5, 0.6) is 0 Å². The molecule has 2 fully saturated rings. The first-order valence-corrected chi connectivity index (χ1v) is 6.28. The van der Waals surface area contributed by atoms with Gasteiger partial charge in [-0.1, -0.05) is 6.42 Å². The molecule has 2 aliphatic rings. The minimum absolute atomic E-state index is 0.386. The average molecular weight is 210 g/mol. The summed E-state index contributed by atoms with van der Waals surface area (Å²) in [5, 5.41) is 0. The molecule has 0 bridgehead atoms. The molecule has 0 heterocycles. The van der Waals surface area contributed by atoms with Crippen molar-refractivity contribution in [2.45, 2.75) is 32.6 Å². The average Bonchev–Trinajstić information content (AvgIpc) is 2.73. The van der Waals surface area contributed by atoms with Crippen LogP contribution in [0.25, 0.3) is 0 Å². The van der Waals surface area contributed by atoms with Crippen LogP contribution in [0, 0.1) is 17.8 Å². The van der Waals surface area contributed by atoms with E-state index in [-0.39, 0.29) is 0 Å². The van der Waals surface area contributed by atoms with Gasteiger partial charge in [-0.05, 0) is 44.6 Å². The molecule has 15 heavy (non-hydrogen) atoms. The van der Waals surface area contributed by atoms with Gasteiger partial charge in [0.2, 0.25) is 5.91 Å². The van der Waals surface area contributed by atoms with Crippen LogP contribution in [0.3, 0.4) is 0 Å². The molecule has 2 unspecified atom stereocenters. The lowest BCUT2D eigenvalue weighted by Crippen LogP contribution is -2.34. The Morgan fingerprint density at radius 1 is 1.40 bits per heavy atom. The Morgan fingerprint density at radius 2 is 2.07 bits per heavy atom. The second kappa shape index (κ2) is 4.52. The van der Waals surface area contributed by atoms with E-state index in [4.69, 9.17) is 5.73 Å². The fourth-order valence-electron chi connectivity index (χ4n) is 3.10. The van der Waals surface area contributed by atoms with E-state index in [2.05, 4.69) is 6.92 Å². The quantitative estimate of drug-likeness (QED) is 0.742. The second-order valence-electron chi connectivity index (χ2n) is 4.84. The number of fused-ring (bicyclic) bond motifs is 1. The molecule has 2 saturated carbocycles. The van der Waals surface area contributed by atoms with E-state index in [1.807, 2.05) is 4.90 Å². The van der Waals surface area contributed by atoms with Crippen LogP contribution in [0.4, 0.5) is 0 Å². The van der Waals surface area contributed by atoms with Gasteiger partial charge < -0.3 is 10.6 Å². The van der Waals surface area contributed by atoms with Gasteiger partial charge >= 0.3 is 0 Å². The molecule has 86 valence electrons. The molecular formula is C12H22N2O. The highest BCUT2D eigenvalue weighted by Crippen LogP contribution is 2.58. The van der Waals surface area contributed by atoms with Crippen LogP contribution >= 0.6 is 0 Å². The minimum Gasteiger partial charge on any atom is -0.343 e. The third kappa shape index (κ3) is 2.03. The summed E-state index contributed by atoms with van der Waals surface area (Å²) in [7, 11) is 0. The standard InChI is InChI=1S/C12H22N2O/c1-2-14(8-4-7-13)12(15)11-9-5-3-6-10(9)11/h9-11H,2-8,13H2,1H3. The number of nitrogens with zero attached hydrogens (tertiary/aromatic N) is 1. The fourth-order valence-corrected chi connectivity index (χ4v) is 3.10. The van der Waals surface area contributed by atoms with Gasteiger partial charge in [0.1, 0.15) is 0 Å². The Morgan fingerprint density at radius 3 is 2.60 bits per heavy atom. The number of nitrogens with two attached hydrogens (primary N) is 1. The molecule has 0 aromatic rings. The molecule has 0 radical (unpaired) electrons. The van der Waals surface area contributed by atoms with E-state index in [1.54, 1.807) is 0 Å². The van der Waals surface area contributed by atoms with Crippen molar-refractivity contribution in [1.82, 2.24) is 4.90 Å². The summed E-state index contributed by atoms with van der Waals surface area (Å²) in [4.78, 5) is 14.1. The SMILES string of the molecule is CCN(CCCN)C(=O)C1C2CCCC21. The molecule has 2 rings (SSSR count). The second-order valence-corrected chi connectivity index (χ2v) is 4.84. The van der Waals surface area contributed by atoms with Crippen LogP contribution in [0.2, 0.25) is 0 Å². The summed E-state index contributed by atoms with van der Waals surface area (Å²) >= 11 is 0. The van der Waals surface area contributed by atoms with Gasteiger partial charge in [-0.2, -0.15) is 0 Å². The smallest absolute Gasteiger partial charge is 0.226 e. The maximum absolute atomic E-state index is 12.1. The van der Waals surface area contributed by atoms with Gasteiger partial charge in [0.25, 0.3) is 0 Å². The Hall–Kier alpha value is -0.570. The normalized spacial score (nSPS) is 32.5. The maximum atomic E-state index is 12.1. The van der Waals surface area contributed by atoms with Gasteiger partial charge in [-0.3, -0.25) is 4.79 Å². The third-order valence-electron chi connectivity index (χ3n) is 4.02. The van der Waals surface area contributed by atoms with Gasteiger partial charge in [0, 0.05) is 19.0 Å². The number of hydrogen-bond acceptors (Lipinski definition) is 2. The van der Waals surface area contributed by atoms with E-state index < -0.39 is 0 Å². The van der Waals surface area contributed by atoms with Crippen molar-refractivity contribution < 1.29 is 4.79 Å². The molecule has 0 aromatic carbocycles. The van der Waals surface area contributed by atoms with Crippen molar-refractivity contribution in [3.05, 3.63) is 0 Å². The predicted octanol–water partition coefficient (Wildman–Crippen LogP) is 1.23. The molecule has 3 nitrogen and oxygen atoms in total. The molecule has 0 aromatic heterocycles. The maximum Gasteiger partial charge on any atom is 0.226 e. The Balaban J connectivity index is 1.83. The first-order chi connectivity index (χ1) is 7.29. The summed E-state index contributed by atoms with van der Waals surface area (Å²) in [6.45, 7) is 4.43. The molecule has 0 spiro atoms. The summed E-state index contributed by atoms with van der Waals surface area (Å²) in [5.74, 6) is 2.27. The fraction of sp³-hybridized carbons (Fsp3) is 0.917. The van der Waals surface area contributed by atoms with Crippen molar-refractivity contribution in [2.75, 3.05) is 19.6 Å². The van der Waals surface area contributed by atoms with Crippen LogP contribution in [0.15, 0.2) is 0 Å². The Labute approximate surface area is 92.0 Å². The molecule has 0 aliphatic heterocycles. The molecule has 2 aliphatic carbocycles. The largest absolute Gasteiger partial charge is 0.343 e. The lowest BCUT2D eigenvalue weighted by atomic mass is 10.1. The van der Waals surface area contributed by atoms with Crippen LogP contribution in [-0.2, 0) is 4.79 Å². The molecule has 2 atom stereocenters. The number of amides is 1. The van der Waals surface area contributed by atoms with Gasteiger partial charge in [0.15, 0.2) is 0 Å². The summed E-state index contributed by atoms with van der Waals surface area (Å²) in [6, 6.07) is 0. The van der Waals surface area contributed by atoms with Crippen LogP contribution in [-0.4, -0.2) is 30.4 Å².